The molecule has 5 nitrogen and oxygen atoms in total. The minimum atomic E-state index is -1.15. The number of nitrogens with zero attached hydrogens (tertiary/aromatic N) is 2. The number of anilines is 1. The van der Waals surface area contributed by atoms with Gasteiger partial charge in [-0.3, -0.25) is 9.59 Å². The number of hydrogen-bond donors (Lipinski definition) is 1. The smallest absolute Gasteiger partial charge is 0.282 e. The van der Waals surface area contributed by atoms with Crippen molar-refractivity contribution in [1.29, 1.82) is 0 Å². The van der Waals surface area contributed by atoms with Crippen LogP contribution in [-0.4, -0.2) is 42.0 Å². The molecule has 1 aromatic heterocycles. The average molecular weight is 364 g/mol. The molecule has 0 atom stereocenters. The highest BCUT2D eigenvalue weighted by Gasteiger charge is 2.42. The van der Waals surface area contributed by atoms with Crippen LogP contribution in [0, 0.1) is 11.6 Å². The largest absolute Gasteiger partial charge is 0.395 e. The van der Waals surface area contributed by atoms with Crippen molar-refractivity contribution in [2.45, 2.75) is 0 Å². The first-order chi connectivity index (χ1) is 12.0. The Morgan fingerprint density at radius 3 is 2.52 bits per heavy atom. The Labute approximate surface area is 146 Å². The number of carbonyl (C=O) groups excluding carboxylic acids is 2. The van der Waals surface area contributed by atoms with Gasteiger partial charge in [0.05, 0.1) is 17.9 Å². The Balaban J connectivity index is 2.10. The zero-order chi connectivity index (χ0) is 18.1. The standard InChI is InChI=1S/C17H14F2N2O3S/c1-20(6-7-22)15-14(13-3-2-8-25-13)16(23)21(17(15)24)10-4-5-11(18)12(19)9-10/h2-5,8-9,22H,6-7H2,1H3. The number of halogens is 2. The second kappa shape index (κ2) is 6.73. The monoisotopic (exact) mass is 364 g/mol. The SMILES string of the molecule is CN(CCO)C1=C(c2cccs2)C(=O)N(c2ccc(F)c(F)c2)C1=O. The molecule has 1 N–H and O–H groups in total. The van der Waals surface area contributed by atoms with Gasteiger partial charge in [-0.2, -0.15) is 0 Å². The van der Waals surface area contributed by atoms with Crippen LogP contribution in [0.15, 0.2) is 41.4 Å². The van der Waals surface area contributed by atoms with Crippen molar-refractivity contribution in [2.75, 3.05) is 25.1 Å². The van der Waals surface area contributed by atoms with Crippen LogP contribution in [0.1, 0.15) is 4.88 Å². The van der Waals surface area contributed by atoms with Crippen molar-refractivity contribution in [2.24, 2.45) is 0 Å². The Morgan fingerprint density at radius 1 is 1.16 bits per heavy atom. The molecule has 25 heavy (non-hydrogen) atoms. The van der Waals surface area contributed by atoms with E-state index in [9.17, 15) is 18.4 Å². The van der Waals surface area contributed by atoms with E-state index in [0.717, 1.165) is 17.0 Å². The summed E-state index contributed by atoms with van der Waals surface area (Å²) in [4.78, 5) is 28.6. The maximum atomic E-state index is 13.6. The molecule has 0 bridgehead atoms. The second-order valence-corrected chi connectivity index (χ2v) is 6.34. The van der Waals surface area contributed by atoms with E-state index in [0.29, 0.717) is 4.88 Å². The van der Waals surface area contributed by atoms with Gasteiger partial charge in [-0.05, 0) is 23.6 Å². The Morgan fingerprint density at radius 2 is 1.92 bits per heavy atom. The fourth-order valence-corrected chi connectivity index (χ4v) is 3.40. The summed E-state index contributed by atoms with van der Waals surface area (Å²) in [5.74, 6) is -3.46. The average Bonchev–Trinajstić information content (AvgIpc) is 3.17. The summed E-state index contributed by atoms with van der Waals surface area (Å²) in [7, 11) is 1.58. The lowest BCUT2D eigenvalue weighted by Crippen LogP contribution is -2.35. The Kier molecular flexibility index (Phi) is 4.65. The number of likely N-dealkylation sites (N-methyl/N-ethyl adjacent to an activating group) is 1. The van der Waals surface area contributed by atoms with Crippen LogP contribution in [-0.2, 0) is 9.59 Å². The fraction of sp³-hybridized carbons (Fsp3) is 0.176. The predicted molar refractivity (Wildman–Crippen MR) is 89.8 cm³/mol. The summed E-state index contributed by atoms with van der Waals surface area (Å²) in [6.07, 6.45) is 0. The number of aliphatic hydroxyl groups is 1. The van der Waals surface area contributed by atoms with Crippen LogP contribution in [0.2, 0.25) is 0 Å². The quantitative estimate of drug-likeness (QED) is 0.827. The lowest BCUT2D eigenvalue weighted by Gasteiger charge is -2.20. The van der Waals surface area contributed by atoms with Crippen molar-refractivity contribution in [1.82, 2.24) is 4.90 Å². The molecular weight excluding hydrogens is 350 g/mol. The number of amides is 2. The van der Waals surface area contributed by atoms with Crippen LogP contribution in [0.4, 0.5) is 14.5 Å². The van der Waals surface area contributed by atoms with Crippen LogP contribution >= 0.6 is 11.3 Å². The van der Waals surface area contributed by atoms with Gasteiger partial charge in [-0.15, -0.1) is 11.3 Å². The molecule has 0 spiro atoms. The molecular formula is C17H14F2N2O3S. The van der Waals surface area contributed by atoms with E-state index in [1.54, 1.807) is 24.6 Å². The molecule has 3 rings (SSSR count). The lowest BCUT2D eigenvalue weighted by atomic mass is 10.2. The van der Waals surface area contributed by atoms with Gasteiger partial charge in [0, 0.05) is 24.5 Å². The molecule has 1 aliphatic rings. The number of hydrogen-bond acceptors (Lipinski definition) is 5. The van der Waals surface area contributed by atoms with Gasteiger partial charge in [0.2, 0.25) is 0 Å². The topological polar surface area (TPSA) is 60.9 Å². The van der Waals surface area contributed by atoms with E-state index in [1.165, 1.54) is 22.3 Å². The fourth-order valence-electron chi connectivity index (χ4n) is 2.64. The summed E-state index contributed by atoms with van der Waals surface area (Å²) in [5.41, 5.74) is 0.252. The van der Waals surface area contributed by atoms with Gasteiger partial charge in [0.1, 0.15) is 5.70 Å². The van der Waals surface area contributed by atoms with E-state index in [-0.39, 0.29) is 30.1 Å². The number of aliphatic hydroxyl groups excluding tert-OH is 1. The predicted octanol–water partition coefficient (Wildman–Crippen LogP) is 2.23. The zero-order valence-electron chi connectivity index (χ0n) is 13.2. The van der Waals surface area contributed by atoms with Crippen LogP contribution in [0.5, 0.6) is 0 Å². The van der Waals surface area contributed by atoms with E-state index < -0.39 is 23.4 Å². The van der Waals surface area contributed by atoms with Gasteiger partial charge < -0.3 is 10.0 Å². The van der Waals surface area contributed by atoms with E-state index in [1.807, 2.05) is 0 Å². The molecule has 0 fully saturated rings. The maximum Gasteiger partial charge on any atom is 0.282 e. The van der Waals surface area contributed by atoms with Gasteiger partial charge in [-0.1, -0.05) is 6.07 Å². The molecule has 0 saturated carbocycles. The Bertz CT molecular complexity index is 865. The first kappa shape index (κ1) is 17.2. The molecule has 130 valence electrons. The first-order valence-electron chi connectivity index (χ1n) is 7.39. The molecule has 1 aromatic carbocycles. The van der Waals surface area contributed by atoms with Gasteiger partial charge in [-0.25, -0.2) is 13.7 Å². The highest BCUT2D eigenvalue weighted by Crippen LogP contribution is 2.36. The number of thiophene rings is 1. The van der Waals surface area contributed by atoms with Crippen LogP contribution < -0.4 is 4.90 Å². The highest BCUT2D eigenvalue weighted by atomic mass is 32.1. The minimum absolute atomic E-state index is 0.0460. The second-order valence-electron chi connectivity index (χ2n) is 5.39. The minimum Gasteiger partial charge on any atom is -0.395 e. The van der Waals surface area contributed by atoms with Crippen molar-refractivity contribution >= 4 is 34.4 Å². The number of benzene rings is 1. The van der Waals surface area contributed by atoms with E-state index >= 15 is 0 Å². The van der Waals surface area contributed by atoms with Crippen molar-refractivity contribution < 1.29 is 23.5 Å². The first-order valence-corrected chi connectivity index (χ1v) is 8.27. The molecule has 0 unspecified atom stereocenters. The van der Waals surface area contributed by atoms with Crippen molar-refractivity contribution in [3.05, 3.63) is 57.9 Å². The Hall–Kier alpha value is -2.58. The number of carbonyl (C=O) groups is 2. The molecule has 8 heteroatoms. The normalized spacial score (nSPS) is 14.6. The summed E-state index contributed by atoms with van der Waals surface area (Å²) >= 11 is 1.29. The number of rotatable bonds is 5. The summed E-state index contributed by atoms with van der Waals surface area (Å²) in [6.45, 7) is -0.0563. The third-order valence-electron chi connectivity index (χ3n) is 3.81. The van der Waals surface area contributed by atoms with Gasteiger partial charge in [0.25, 0.3) is 11.8 Å². The van der Waals surface area contributed by atoms with Crippen LogP contribution in [0.3, 0.4) is 0 Å². The molecule has 1 aliphatic heterocycles. The number of imide groups is 1. The highest BCUT2D eigenvalue weighted by molar-refractivity contribution is 7.11. The van der Waals surface area contributed by atoms with Crippen molar-refractivity contribution in [3.8, 4) is 0 Å². The summed E-state index contributed by atoms with van der Waals surface area (Å²) in [5, 5.41) is 10.9. The zero-order valence-corrected chi connectivity index (χ0v) is 14.0. The lowest BCUT2D eigenvalue weighted by molar-refractivity contribution is -0.120. The summed E-state index contributed by atoms with van der Waals surface area (Å²) in [6, 6.07) is 6.30. The third-order valence-corrected chi connectivity index (χ3v) is 4.69. The van der Waals surface area contributed by atoms with Crippen molar-refractivity contribution in [3.63, 3.8) is 0 Å². The van der Waals surface area contributed by atoms with E-state index in [2.05, 4.69) is 0 Å². The van der Waals surface area contributed by atoms with Gasteiger partial charge >= 0.3 is 0 Å². The molecule has 0 saturated heterocycles. The molecule has 2 heterocycles. The molecule has 0 aliphatic carbocycles. The van der Waals surface area contributed by atoms with Gasteiger partial charge in [0.15, 0.2) is 11.6 Å². The summed E-state index contributed by atoms with van der Waals surface area (Å²) < 4.78 is 26.7. The molecule has 2 aromatic rings. The van der Waals surface area contributed by atoms with Crippen LogP contribution in [0.25, 0.3) is 5.57 Å². The molecule has 2 amide bonds. The maximum absolute atomic E-state index is 13.6. The molecule has 0 radical (unpaired) electrons. The van der Waals surface area contributed by atoms with E-state index in [4.69, 9.17) is 5.11 Å². The third kappa shape index (κ3) is 2.94.